The van der Waals surface area contributed by atoms with E-state index in [2.05, 4.69) is 231 Å². The summed E-state index contributed by atoms with van der Waals surface area (Å²) in [4.78, 5) is 23.5. The van der Waals surface area contributed by atoms with E-state index in [-0.39, 0.29) is 0 Å². The SMILES string of the molecule is c1ccc(-c2ccc(-c3nc(-c4cccc(-c5ccccc5-c5ccccc5-c5nc(-c6ccc(-c7ccccc7)cc6)c6c(n5)sc5ccccc56)c4)nc4sc5ccccc5c34)cc2)cc1. The van der Waals surface area contributed by atoms with Gasteiger partial charge in [-0.05, 0) is 62.7 Å². The van der Waals surface area contributed by atoms with Crippen LogP contribution < -0.4 is 0 Å². The van der Waals surface area contributed by atoms with Gasteiger partial charge in [-0.3, -0.25) is 0 Å². The number of rotatable bonds is 8. The minimum atomic E-state index is 0.694. The first kappa shape index (κ1) is 39.9. The molecule has 9 aromatic carbocycles. The molecule has 0 N–H and O–H groups in total. The fraction of sp³-hybridized carbons (Fsp3) is 0. The van der Waals surface area contributed by atoms with Gasteiger partial charge in [0.25, 0.3) is 0 Å². The predicted octanol–water partition coefficient (Wildman–Crippen LogP) is 17.3. The smallest absolute Gasteiger partial charge is 0.162 e. The largest absolute Gasteiger partial charge is 0.227 e. The van der Waals surface area contributed by atoms with Crippen LogP contribution in [0.2, 0.25) is 0 Å². The highest BCUT2D eigenvalue weighted by atomic mass is 32.1. The topological polar surface area (TPSA) is 51.6 Å². The zero-order valence-electron chi connectivity index (χ0n) is 36.5. The van der Waals surface area contributed by atoms with E-state index >= 15 is 0 Å². The molecule has 0 aliphatic heterocycles. The number of benzene rings is 9. The van der Waals surface area contributed by atoms with E-state index in [9.17, 15) is 0 Å². The Labute approximate surface area is 401 Å². The monoisotopic (exact) mass is 902 g/mol. The van der Waals surface area contributed by atoms with E-state index in [4.69, 9.17) is 19.9 Å². The molecule has 4 aromatic heterocycles. The molecule has 318 valence electrons. The molecule has 13 aromatic rings. The van der Waals surface area contributed by atoms with Crippen LogP contribution in [0, 0.1) is 0 Å². The average Bonchev–Trinajstić information content (AvgIpc) is 4.00. The van der Waals surface area contributed by atoms with Crippen LogP contribution in [0.3, 0.4) is 0 Å². The van der Waals surface area contributed by atoms with Gasteiger partial charge in [-0.1, -0.05) is 212 Å². The first-order chi connectivity index (χ1) is 33.7. The molecule has 68 heavy (non-hydrogen) atoms. The van der Waals surface area contributed by atoms with E-state index < -0.39 is 0 Å². The van der Waals surface area contributed by atoms with Crippen LogP contribution >= 0.6 is 22.7 Å². The summed E-state index contributed by atoms with van der Waals surface area (Å²) in [6.45, 7) is 0. The van der Waals surface area contributed by atoms with Crippen molar-refractivity contribution in [1.82, 2.24) is 19.9 Å². The van der Waals surface area contributed by atoms with Crippen molar-refractivity contribution in [3.05, 3.63) is 231 Å². The Morgan fingerprint density at radius 3 is 1.19 bits per heavy atom. The van der Waals surface area contributed by atoms with E-state index in [1.54, 1.807) is 22.7 Å². The Bertz CT molecular complexity index is 4010. The van der Waals surface area contributed by atoms with Gasteiger partial charge in [0.05, 0.1) is 11.4 Å². The molecule has 0 fully saturated rings. The van der Waals surface area contributed by atoms with Crippen molar-refractivity contribution in [3.63, 3.8) is 0 Å². The summed E-state index contributed by atoms with van der Waals surface area (Å²) in [7, 11) is 0. The molecule has 4 nitrogen and oxygen atoms in total. The Hall–Kier alpha value is -8.42. The highest BCUT2D eigenvalue weighted by Gasteiger charge is 2.21. The maximum absolute atomic E-state index is 5.48. The van der Waals surface area contributed by atoms with Gasteiger partial charge in [0.1, 0.15) is 9.66 Å². The molecule has 0 radical (unpaired) electrons. The summed E-state index contributed by atoms with van der Waals surface area (Å²) in [6, 6.07) is 81.5. The quantitative estimate of drug-likeness (QED) is 0.152. The highest BCUT2D eigenvalue weighted by molar-refractivity contribution is 7.26. The van der Waals surface area contributed by atoms with Gasteiger partial charge in [-0.25, -0.2) is 19.9 Å². The van der Waals surface area contributed by atoms with E-state index in [0.717, 1.165) is 76.3 Å². The summed E-state index contributed by atoms with van der Waals surface area (Å²) in [5.74, 6) is 1.39. The highest BCUT2D eigenvalue weighted by Crippen LogP contribution is 2.44. The zero-order valence-corrected chi connectivity index (χ0v) is 38.2. The molecule has 13 rings (SSSR count). The fourth-order valence-electron chi connectivity index (χ4n) is 9.52. The van der Waals surface area contributed by atoms with Crippen molar-refractivity contribution in [2.75, 3.05) is 0 Å². The fourth-order valence-corrected chi connectivity index (χ4v) is 11.7. The Kier molecular flexibility index (Phi) is 9.85. The number of thiophene rings is 2. The molecule has 4 heterocycles. The van der Waals surface area contributed by atoms with Crippen molar-refractivity contribution in [1.29, 1.82) is 0 Å². The molecule has 0 saturated heterocycles. The van der Waals surface area contributed by atoms with Crippen LogP contribution in [0.4, 0.5) is 0 Å². The number of hydrogen-bond acceptors (Lipinski definition) is 6. The van der Waals surface area contributed by atoms with E-state index in [0.29, 0.717) is 11.6 Å². The van der Waals surface area contributed by atoms with Gasteiger partial charge < -0.3 is 0 Å². The van der Waals surface area contributed by atoms with Crippen molar-refractivity contribution in [2.24, 2.45) is 0 Å². The van der Waals surface area contributed by atoms with Crippen molar-refractivity contribution >= 4 is 63.3 Å². The molecule has 6 heteroatoms. The normalized spacial score (nSPS) is 11.5. The lowest BCUT2D eigenvalue weighted by Crippen LogP contribution is -1.96. The van der Waals surface area contributed by atoms with Gasteiger partial charge in [-0.2, -0.15) is 0 Å². The predicted molar refractivity (Wildman–Crippen MR) is 287 cm³/mol. The molecule has 0 saturated carbocycles. The first-order valence-corrected chi connectivity index (χ1v) is 24.3. The maximum Gasteiger partial charge on any atom is 0.162 e. The van der Waals surface area contributed by atoms with Crippen molar-refractivity contribution in [2.45, 2.75) is 0 Å². The molecule has 0 bridgehead atoms. The van der Waals surface area contributed by atoms with Gasteiger partial charge in [0, 0.05) is 53.2 Å². The summed E-state index contributed by atoms with van der Waals surface area (Å²) in [5, 5.41) is 4.51. The Morgan fingerprint density at radius 1 is 0.250 bits per heavy atom. The standard InChI is InChI=1S/C62H38N4S2/c1-3-16-39(17-4-1)41-30-34-43(35-31-41)57-55-51-26-11-13-28-53(51)67-61(55)65-59(63-57)46-21-15-20-45(38-46)47-22-7-8-23-48(47)49-24-9-10-25-50(49)60-64-58(56-52-27-12-14-29-54(52)68-62(56)66-60)44-36-32-42(33-37-44)40-18-5-2-6-19-40/h1-38H. The van der Waals surface area contributed by atoms with Crippen LogP contribution in [-0.2, 0) is 0 Å². The molecule has 0 atom stereocenters. The third-order valence-electron chi connectivity index (χ3n) is 12.8. The van der Waals surface area contributed by atoms with Crippen LogP contribution in [0.25, 0.3) is 130 Å². The summed E-state index contributed by atoms with van der Waals surface area (Å²) in [5.41, 5.74) is 14.9. The maximum atomic E-state index is 5.48. The second kappa shape index (κ2) is 16.8. The molecular formula is C62H38N4S2. The van der Waals surface area contributed by atoms with Crippen LogP contribution in [0.5, 0.6) is 0 Å². The average molecular weight is 903 g/mol. The second-order valence-electron chi connectivity index (χ2n) is 16.9. The van der Waals surface area contributed by atoms with E-state index in [1.165, 1.54) is 42.4 Å². The third-order valence-corrected chi connectivity index (χ3v) is 15.0. The molecule has 0 aliphatic carbocycles. The molecule has 0 aliphatic rings. The number of hydrogen-bond donors (Lipinski definition) is 0. The molecule has 0 unspecified atom stereocenters. The van der Waals surface area contributed by atoms with Crippen LogP contribution in [0.1, 0.15) is 0 Å². The van der Waals surface area contributed by atoms with Crippen LogP contribution in [-0.4, -0.2) is 19.9 Å². The lowest BCUT2D eigenvalue weighted by atomic mass is 9.91. The summed E-state index contributed by atoms with van der Waals surface area (Å²) < 4.78 is 2.39. The van der Waals surface area contributed by atoms with Crippen molar-refractivity contribution < 1.29 is 0 Å². The number of fused-ring (bicyclic) bond motifs is 6. The third kappa shape index (κ3) is 7.06. The van der Waals surface area contributed by atoms with Gasteiger partial charge in [0.15, 0.2) is 11.6 Å². The van der Waals surface area contributed by atoms with Gasteiger partial charge >= 0.3 is 0 Å². The molecule has 0 spiro atoms. The molecule has 0 amide bonds. The van der Waals surface area contributed by atoms with Gasteiger partial charge in [-0.15, -0.1) is 22.7 Å². The summed E-state index contributed by atoms with van der Waals surface area (Å²) >= 11 is 3.44. The minimum Gasteiger partial charge on any atom is -0.227 e. The van der Waals surface area contributed by atoms with Gasteiger partial charge in [0.2, 0.25) is 0 Å². The lowest BCUT2D eigenvalue weighted by Gasteiger charge is -2.15. The molecular weight excluding hydrogens is 865 g/mol. The summed E-state index contributed by atoms with van der Waals surface area (Å²) in [6.07, 6.45) is 0. The first-order valence-electron chi connectivity index (χ1n) is 22.7. The number of nitrogens with zero attached hydrogens (tertiary/aromatic N) is 4. The Morgan fingerprint density at radius 2 is 0.632 bits per heavy atom. The zero-order chi connectivity index (χ0) is 45.0. The second-order valence-corrected chi connectivity index (χ2v) is 19.0. The van der Waals surface area contributed by atoms with Crippen molar-refractivity contribution in [3.8, 4) is 89.8 Å². The minimum absolute atomic E-state index is 0.694. The lowest BCUT2D eigenvalue weighted by molar-refractivity contribution is 1.24. The van der Waals surface area contributed by atoms with E-state index in [1.807, 2.05) is 0 Å². The van der Waals surface area contributed by atoms with Crippen LogP contribution in [0.15, 0.2) is 231 Å². The number of aromatic nitrogens is 4. The Balaban J connectivity index is 0.925.